The van der Waals surface area contributed by atoms with Crippen LogP contribution in [0.4, 0.5) is 0 Å². The maximum absolute atomic E-state index is 5.96. The van der Waals surface area contributed by atoms with E-state index in [-0.39, 0.29) is 0 Å². The van der Waals surface area contributed by atoms with Gasteiger partial charge in [0.15, 0.2) is 0 Å². The molecule has 84 valence electrons. The average molecular weight is 262 g/mol. The van der Waals surface area contributed by atoms with E-state index in [9.17, 15) is 0 Å². The highest BCUT2D eigenvalue weighted by Crippen LogP contribution is 2.33. The van der Waals surface area contributed by atoms with Crippen LogP contribution in [0.1, 0.15) is 0 Å². The number of H-pyrrole nitrogens is 1. The summed E-state index contributed by atoms with van der Waals surface area (Å²) in [6.07, 6.45) is 5.28. The second-order valence-electron chi connectivity index (χ2n) is 3.50. The van der Waals surface area contributed by atoms with Crippen molar-refractivity contribution in [3.63, 3.8) is 0 Å². The van der Waals surface area contributed by atoms with Gasteiger partial charge in [-0.25, -0.2) is 9.97 Å². The Labute approximate surface area is 107 Å². The molecule has 2 aromatic heterocycles. The molecular weight excluding hydrogens is 254 g/mol. The van der Waals surface area contributed by atoms with E-state index in [1.54, 1.807) is 11.8 Å². The molecule has 5 heteroatoms. The van der Waals surface area contributed by atoms with Gasteiger partial charge in [0.25, 0.3) is 0 Å². The smallest absolute Gasteiger partial charge is 0.141 e. The zero-order valence-corrected chi connectivity index (χ0v) is 10.3. The SMILES string of the molecule is Clc1cccc(Sc2c[nH]c3ncncc23)c1. The predicted octanol–water partition coefficient (Wildman–Crippen LogP) is 3.76. The van der Waals surface area contributed by atoms with Crippen molar-refractivity contribution in [2.24, 2.45) is 0 Å². The first-order chi connectivity index (χ1) is 8.33. The Balaban J connectivity index is 2.00. The number of halogens is 1. The fourth-order valence-corrected chi connectivity index (χ4v) is 2.80. The molecule has 3 rings (SSSR count). The Bertz CT molecular complexity index is 665. The minimum atomic E-state index is 0.742. The van der Waals surface area contributed by atoms with Crippen molar-refractivity contribution < 1.29 is 0 Å². The minimum Gasteiger partial charge on any atom is -0.345 e. The van der Waals surface area contributed by atoms with Gasteiger partial charge in [-0.2, -0.15) is 0 Å². The van der Waals surface area contributed by atoms with E-state index < -0.39 is 0 Å². The summed E-state index contributed by atoms with van der Waals surface area (Å²) in [5.74, 6) is 0. The summed E-state index contributed by atoms with van der Waals surface area (Å²) in [6, 6.07) is 7.77. The van der Waals surface area contributed by atoms with Crippen molar-refractivity contribution in [1.82, 2.24) is 15.0 Å². The van der Waals surface area contributed by atoms with E-state index >= 15 is 0 Å². The third-order valence-electron chi connectivity index (χ3n) is 2.34. The first-order valence-corrected chi connectivity index (χ1v) is 6.23. The van der Waals surface area contributed by atoms with E-state index in [1.807, 2.05) is 36.7 Å². The lowest BCUT2D eigenvalue weighted by Gasteiger charge is -1.99. The van der Waals surface area contributed by atoms with Crippen LogP contribution in [0.15, 0.2) is 52.8 Å². The number of rotatable bonds is 2. The van der Waals surface area contributed by atoms with Crippen LogP contribution in [0.5, 0.6) is 0 Å². The molecule has 2 heterocycles. The molecule has 1 aromatic carbocycles. The topological polar surface area (TPSA) is 41.6 Å². The van der Waals surface area contributed by atoms with Crippen LogP contribution >= 0.6 is 23.4 Å². The van der Waals surface area contributed by atoms with Crippen molar-refractivity contribution in [3.05, 3.63) is 48.0 Å². The molecule has 3 nitrogen and oxygen atoms in total. The van der Waals surface area contributed by atoms with Gasteiger partial charge in [0, 0.05) is 27.2 Å². The van der Waals surface area contributed by atoms with Crippen molar-refractivity contribution in [2.45, 2.75) is 9.79 Å². The number of nitrogens with one attached hydrogen (secondary N) is 1. The predicted molar refractivity (Wildman–Crippen MR) is 69.5 cm³/mol. The van der Waals surface area contributed by atoms with Crippen LogP contribution < -0.4 is 0 Å². The second kappa shape index (κ2) is 4.39. The molecule has 3 aromatic rings. The molecule has 0 fully saturated rings. The number of fused-ring (bicyclic) bond motifs is 1. The summed E-state index contributed by atoms with van der Waals surface area (Å²) in [7, 11) is 0. The van der Waals surface area contributed by atoms with Crippen LogP contribution in [0.3, 0.4) is 0 Å². The summed E-state index contributed by atoms with van der Waals surface area (Å²) in [5.41, 5.74) is 0.851. The van der Waals surface area contributed by atoms with E-state index in [2.05, 4.69) is 15.0 Å². The average Bonchev–Trinajstić information content (AvgIpc) is 2.73. The largest absolute Gasteiger partial charge is 0.345 e. The lowest BCUT2D eigenvalue weighted by molar-refractivity contribution is 1.20. The summed E-state index contributed by atoms with van der Waals surface area (Å²) in [4.78, 5) is 13.5. The fourth-order valence-electron chi connectivity index (χ4n) is 1.58. The number of hydrogen-bond acceptors (Lipinski definition) is 3. The van der Waals surface area contributed by atoms with Gasteiger partial charge in [-0.3, -0.25) is 0 Å². The Morgan fingerprint density at radius 1 is 1.29 bits per heavy atom. The molecule has 1 N–H and O–H groups in total. The molecule has 0 bridgehead atoms. The lowest BCUT2D eigenvalue weighted by Crippen LogP contribution is -1.77. The normalized spacial score (nSPS) is 10.9. The van der Waals surface area contributed by atoms with Crippen LogP contribution in [0.25, 0.3) is 11.0 Å². The number of aromatic nitrogens is 3. The molecule has 0 aliphatic rings. The fraction of sp³-hybridized carbons (Fsp3) is 0. The van der Waals surface area contributed by atoms with Crippen LogP contribution in [0, 0.1) is 0 Å². The molecule has 0 saturated carbocycles. The van der Waals surface area contributed by atoms with Crippen LogP contribution in [-0.2, 0) is 0 Å². The molecule has 17 heavy (non-hydrogen) atoms. The van der Waals surface area contributed by atoms with Gasteiger partial charge >= 0.3 is 0 Å². The maximum Gasteiger partial charge on any atom is 0.141 e. The number of benzene rings is 1. The van der Waals surface area contributed by atoms with Gasteiger partial charge in [0.2, 0.25) is 0 Å². The quantitative estimate of drug-likeness (QED) is 0.764. The highest BCUT2D eigenvalue weighted by Gasteiger charge is 2.06. The van der Waals surface area contributed by atoms with E-state index in [0.29, 0.717) is 0 Å². The van der Waals surface area contributed by atoms with Gasteiger partial charge in [-0.1, -0.05) is 29.4 Å². The molecule has 0 aliphatic carbocycles. The van der Waals surface area contributed by atoms with Crippen molar-refractivity contribution in [2.75, 3.05) is 0 Å². The molecule has 0 unspecified atom stereocenters. The van der Waals surface area contributed by atoms with Crippen LogP contribution in [0.2, 0.25) is 5.02 Å². The first-order valence-electron chi connectivity index (χ1n) is 5.03. The first kappa shape index (κ1) is 10.6. The van der Waals surface area contributed by atoms with Gasteiger partial charge in [0.05, 0.1) is 5.39 Å². The van der Waals surface area contributed by atoms with Crippen LogP contribution in [-0.4, -0.2) is 15.0 Å². The third kappa shape index (κ3) is 2.14. The highest BCUT2D eigenvalue weighted by atomic mass is 35.5. The second-order valence-corrected chi connectivity index (χ2v) is 5.05. The summed E-state index contributed by atoms with van der Waals surface area (Å²) in [6.45, 7) is 0. The number of aromatic amines is 1. The van der Waals surface area contributed by atoms with Gasteiger partial charge in [0.1, 0.15) is 12.0 Å². The molecule has 0 amide bonds. The van der Waals surface area contributed by atoms with Gasteiger partial charge < -0.3 is 4.98 Å². The zero-order valence-electron chi connectivity index (χ0n) is 8.72. The van der Waals surface area contributed by atoms with Crippen molar-refractivity contribution >= 4 is 34.4 Å². The molecule has 0 radical (unpaired) electrons. The standard InChI is InChI=1S/C12H8ClN3S/c13-8-2-1-3-9(4-8)17-11-6-15-12-10(11)5-14-7-16-12/h1-7H,(H,14,15,16). The molecule has 0 atom stereocenters. The molecular formula is C12H8ClN3S. The summed E-state index contributed by atoms with van der Waals surface area (Å²) in [5, 5.41) is 1.77. The Morgan fingerprint density at radius 2 is 2.24 bits per heavy atom. The molecule has 0 saturated heterocycles. The lowest BCUT2D eigenvalue weighted by atomic mass is 10.4. The monoisotopic (exact) mass is 261 g/mol. The van der Waals surface area contributed by atoms with Crippen molar-refractivity contribution in [1.29, 1.82) is 0 Å². The highest BCUT2D eigenvalue weighted by molar-refractivity contribution is 7.99. The van der Waals surface area contributed by atoms with E-state index in [4.69, 9.17) is 11.6 Å². The van der Waals surface area contributed by atoms with Gasteiger partial charge in [-0.05, 0) is 18.2 Å². The summed E-state index contributed by atoms with van der Waals surface area (Å²) >= 11 is 7.60. The van der Waals surface area contributed by atoms with Gasteiger partial charge in [-0.15, -0.1) is 0 Å². The minimum absolute atomic E-state index is 0.742. The number of hydrogen-bond donors (Lipinski definition) is 1. The zero-order chi connectivity index (χ0) is 11.7. The Morgan fingerprint density at radius 3 is 3.12 bits per heavy atom. The Kier molecular flexibility index (Phi) is 2.74. The molecule has 0 spiro atoms. The van der Waals surface area contributed by atoms with Crippen molar-refractivity contribution in [3.8, 4) is 0 Å². The summed E-state index contributed by atoms with van der Waals surface area (Å²) < 4.78 is 0. The number of nitrogens with zero attached hydrogens (tertiary/aromatic N) is 2. The Hall–Kier alpha value is -1.52. The molecule has 0 aliphatic heterocycles. The maximum atomic E-state index is 5.96. The van der Waals surface area contributed by atoms with E-state index in [0.717, 1.165) is 25.8 Å². The third-order valence-corrected chi connectivity index (χ3v) is 3.62. The van der Waals surface area contributed by atoms with E-state index in [1.165, 1.54) is 6.33 Å².